The van der Waals surface area contributed by atoms with Crippen molar-refractivity contribution in [1.82, 2.24) is 10.2 Å². The zero-order valence-electron chi connectivity index (χ0n) is 12.1. The Labute approximate surface area is 134 Å². The summed E-state index contributed by atoms with van der Waals surface area (Å²) in [6.45, 7) is 2.17. The van der Waals surface area contributed by atoms with Gasteiger partial charge >= 0.3 is 0 Å². The fourth-order valence-electron chi connectivity index (χ4n) is 2.47. The third-order valence-corrected chi connectivity index (χ3v) is 4.47. The van der Waals surface area contributed by atoms with Crippen molar-refractivity contribution in [1.29, 1.82) is 0 Å². The normalized spacial score (nSPS) is 14.2. The van der Waals surface area contributed by atoms with Gasteiger partial charge in [0.05, 0.1) is 0 Å². The molecule has 1 heterocycles. The van der Waals surface area contributed by atoms with E-state index in [9.17, 15) is 9.59 Å². The van der Waals surface area contributed by atoms with Crippen LogP contribution in [0.4, 0.5) is 0 Å². The molecule has 1 aromatic rings. The lowest BCUT2D eigenvalue weighted by Gasteiger charge is -2.15. The molecule has 1 fully saturated rings. The van der Waals surface area contributed by atoms with Crippen molar-refractivity contribution >= 4 is 27.7 Å². The lowest BCUT2D eigenvalue weighted by Crippen LogP contribution is -2.32. The molecule has 1 saturated heterocycles. The summed E-state index contributed by atoms with van der Waals surface area (Å²) < 4.78 is 1.03. The fraction of sp³-hybridized carbons (Fsp3) is 0.500. The Morgan fingerprint density at radius 3 is 2.57 bits per heavy atom. The average molecular weight is 353 g/mol. The van der Waals surface area contributed by atoms with E-state index in [4.69, 9.17) is 0 Å². The van der Waals surface area contributed by atoms with Crippen LogP contribution < -0.4 is 5.32 Å². The van der Waals surface area contributed by atoms with Crippen LogP contribution in [0.15, 0.2) is 28.7 Å². The van der Waals surface area contributed by atoms with Crippen LogP contribution in [-0.4, -0.2) is 36.3 Å². The van der Waals surface area contributed by atoms with Crippen LogP contribution in [0.5, 0.6) is 0 Å². The number of hydrogen-bond donors (Lipinski definition) is 1. The standard InChI is InChI=1S/C16H21BrN2O2/c17-14-6-2-1-5-13(14)7-8-15(20)18-10-9-16(21)19-11-3-4-12-19/h1-2,5-6H,3-4,7-12H2,(H,18,20). The number of halogens is 1. The molecule has 5 heteroatoms. The van der Waals surface area contributed by atoms with E-state index >= 15 is 0 Å². The van der Waals surface area contributed by atoms with Crippen molar-refractivity contribution in [2.24, 2.45) is 0 Å². The Morgan fingerprint density at radius 2 is 1.86 bits per heavy atom. The summed E-state index contributed by atoms with van der Waals surface area (Å²) in [6.07, 6.45) is 3.75. The minimum absolute atomic E-state index is 0.0000231. The molecule has 0 unspecified atom stereocenters. The third-order valence-electron chi connectivity index (χ3n) is 3.70. The highest BCUT2D eigenvalue weighted by molar-refractivity contribution is 9.10. The number of rotatable bonds is 6. The van der Waals surface area contributed by atoms with Gasteiger partial charge in [0, 0.05) is 36.9 Å². The predicted octanol–water partition coefficient (Wildman–Crippen LogP) is 2.51. The molecule has 0 aromatic heterocycles. The molecular formula is C16H21BrN2O2. The Kier molecular flexibility index (Phi) is 6.23. The molecule has 0 saturated carbocycles. The molecule has 1 N–H and O–H groups in total. The van der Waals surface area contributed by atoms with Crippen LogP contribution in [-0.2, 0) is 16.0 Å². The van der Waals surface area contributed by atoms with E-state index in [0.717, 1.165) is 36.0 Å². The summed E-state index contributed by atoms with van der Waals surface area (Å²) in [5, 5.41) is 2.82. The quantitative estimate of drug-likeness (QED) is 0.854. The second kappa shape index (κ2) is 8.17. The number of hydrogen-bond acceptors (Lipinski definition) is 2. The molecule has 4 nitrogen and oxygen atoms in total. The highest BCUT2D eigenvalue weighted by Crippen LogP contribution is 2.17. The van der Waals surface area contributed by atoms with Crippen LogP contribution in [0.2, 0.25) is 0 Å². The summed E-state index contributed by atoms with van der Waals surface area (Å²) in [6, 6.07) is 7.90. The highest BCUT2D eigenvalue weighted by Gasteiger charge is 2.17. The fourth-order valence-corrected chi connectivity index (χ4v) is 2.95. The number of nitrogens with zero attached hydrogens (tertiary/aromatic N) is 1. The molecule has 2 rings (SSSR count). The zero-order chi connectivity index (χ0) is 15.1. The highest BCUT2D eigenvalue weighted by atomic mass is 79.9. The average Bonchev–Trinajstić information content (AvgIpc) is 3.00. The molecule has 1 aliphatic rings. The molecule has 0 atom stereocenters. The molecule has 0 radical (unpaired) electrons. The SMILES string of the molecule is O=C(CCc1ccccc1Br)NCCC(=O)N1CCCC1. The predicted molar refractivity (Wildman–Crippen MR) is 85.9 cm³/mol. The molecule has 1 aromatic carbocycles. The maximum absolute atomic E-state index is 11.8. The molecule has 0 spiro atoms. The van der Waals surface area contributed by atoms with E-state index in [0.29, 0.717) is 25.8 Å². The second-order valence-electron chi connectivity index (χ2n) is 5.28. The third kappa shape index (κ3) is 5.16. The summed E-state index contributed by atoms with van der Waals surface area (Å²) in [4.78, 5) is 25.5. The van der Waals surface area contributed by atoms with Crippen LogP contribution in [0.25, 0.3) is 0 Å². The monoisotopic (exact) mass is 352 g/mol. The topological polar surface area (TPSA) is 49.4 Å². The first-order chi connectivity index (χ1) is 10.2. The lowest BCUT2D eigenvalue weighted by molar-refractivity contribution is -0.130. The zero-order valence-corrected chi connectivity index (χ0v) is 13.7. The van der Waals surface area contributed by atoms with E-state index < -0.39 is 0 Å². The summed E-state index contributed by atoms with van der Waals surface area (Å²) in [5.41, 5.74) is 1.13. The van der Waals surface area contributed by atoms with Crippen LogP contribution in [0.3, 0.4) is 0 Å². The number of carbonyl (C=O) groups is 2. The van der Waals surface area contributed by atoms with E-state index in [1.165, 1.54) is 0 Å². The van der Waals surface area contributed by atoms with Crippen molar-refractivity contribution in [2.45, 2.75) is 32.1 Å². The smallest absolute Gasteiger partial charge is 0.224 e. The maximum atomic E-state index is 11.8. The first-order valence-electron chi connectivity index (χ1n) is 7.44. The molecule has 0 bridgehead atoms. The molecular weight excluding hydrogens is 332 g/mol. The van der Waals surface area contributed by atoms with Gasteiger partial charge in [0.1, 0.15) is 0 Å². The molecule has 2 amide bonds. The number of amides is 2. The molecule has 114 valence electrons. The molecule has 0 aliphatic carbocycles. The summed E-state index contributed by atoms with van der Waals surface area (Å²) in [5.74, 6) is 0.151. The van der Waals surface area contributed by atoms with Gasteiger partial charge in [-0.05, 0) is 30.9 Å². The van der Waals surface area contributed by atoms with Gasteiger partial charge in [-0.3, -0.25) is 9.59 Å². The second-order valence-corrected chi connectivity index (χ2v) is 6.13. The van der Waals surface area contributed by atoms with Gasteiger partial charge in [-0.1, -0.05) is 34.1 Å². The number of likely N-dealkylation sites (tertiary alicyclic amines) is 1. The van der Waals surface area contributed by atoms with Crippen LogP contribution in [0, 0.1) is 0 Å². The first kappa shape index (κ1) is 16.0. The van der Waals surface area contributed by atoms with Gasteiger partial charge in [0.15, 0.2) is 0 Å². The Hall–Kier alpha value is -1.36. The van der Waals surface area contributed by atoms with Gasteiger partial charge in [-0.15, -0.1) is 0 Å². The molecule has 21 heavy (non-hydrogen) atoms. The van der Waals surface area contributed by atoms with Gasteiger partial charge < -0.3 is 10.2 Å². The Bertz CT molecular complexity index is 499. The van der Waals surface area contributed by atoms with Crippen molar-refractivity contribution in [3.8, 4) is 0 Å². The first-order valence-corrected chi connectivity index (χ1v) is 8.24. The maximum Gasteiger partial charge on any atom is 0.224 e. The van der Waals surface area contributed by atoms with Gasteiger partial charge in [-0.2, -0.15) is 0 Å². The van der Waals surface area contributed by atoms with E-state index in [1.807, 2.05) is 29.2 Å². The van der Waals surface area contributed by atoms with Crippen molar-refractivity contribution < 1.29 is 9.59 Å². The largest absolute Gasteiger partial charge is 0.356 e. The van der Waals surface area contributed by atoms with Crippen LogP contribution in [0.1, 0.15) is 31.2 Å². The molecule has 1 aliphatic heterocycles. The Balaban J connectivity index is 1.63. The minimum Gasteiger partial charge on any atom is -0.356 e. The van der Waals surface area contributed by atoms with Gasteiger partial charge in [0.25, 0.3) is 0 Å². The van der Waals surface area contributed by atoms with Crippen LogP contribution >= 0.6 is 15.9 Å². The van der Waals surface area contributed by atoms with Gasteiger partial charge in [-0.25, -0.2) is 0 Å². The van der Waals surface area contributed by atoms with E-state index in [1.54, 1.807) is 0 Å². The Morgan fingerprint density at radius 1 is 1.14 bits per heavy atom. The summed E-state index contributed by atoms with van der Waals surface area (Å²) >= 11 is 3.47. The minimum atomic E-state index is -0.0000231. The van der Waals surface area contributed by atoms with E-state index in [-0.39, 0.29) is 11.8 Å². The van der Waals surface area contributed by atoms with Crippen molar-refractivity contribution in [3.63, 3.8) is 0 Å². The van der Waals surface area contributed by atoms with E-state index in [2.05, 4.69) is 21.2 Å². The lowest BCUT2D eigenvalue weighted by atomic mass is 10.1. The summed E-state index contributed by atoms with van der Waals surface area (Å²) in [7, 11) is 0. The van der Waals surface area contributed by atoms with Crippen molar-refractivity contribution in [3.05, 3.63) is 34.3 Å². The number of benzene rings is 1. The van der Waals surface area contributed by atoms with Gasteiger partial charge in [0.2, 0.25) is 11.8 Å². The number of carbonyl (C=O) groups excluding carboxylic acids is 2. The van der Waals surface area contributed by atoms with Crippen molar-refractivity contribution in [2.75, 3.05) is 19.6 Å². The number of aryl methyl sites for hydroxylation is 1. The number of nitrogens with one attached hydrogen (secondary N) is 1.